The minimum Gasteiger partial charge on any atom is -0.497 e. The average Bonchev–Trinajstić information content (AvgIpc) is 3.03. The van der Waals surface area contributed by atoms with Crippen LogP contribution in [0.25, 0.3) is 10.9 Å². The van der Waals surface area contributed by atoms with Crippen LogP contribution in [0.3, 0.4) is 0 Å². The van der Waals surface area contributed by atoms with Gasteiger partial charge < -0.3 is 15.0 Å². The Hall–Kier alpha value is -2.75. The van der Waals surface area contributed by atoms with Gasteiger partial charge in [-0.1, -0.05) is 18.2 Å². The van der Waals surface area contributed by atoms with E-state index in [1.54, 1.807) is 7.11 Å². The summed E-state index contributed by atoms with van der Waals surface area (Å²) in [6.07, 6.45) is 1.84. The number of fused-ring (bicyclic) bond motifs is 1. The van der Waals surface area contributed by atoms with E-state index in [1.165, 1.54) is 0 Å². The van der Waals surface area contributed by atoms with Crippen molar-refractivity contribution < 1.29 is 9.53 Å². The third-order valence-electron chi connectivity index (χ3n) is 3.78. The molecule has 0 bridgehead atoms. The molecule has 1 amide bonds. The number of aromatic amines is 1. The van der Waals surface area contributed by atoms with Gasteiger partial charge in [-0.25, -0.2) is 0 Å². The Morgan fingerprint density at radius 3 is 2.82 bits per heavy atom. The summed E-state index contributed by atoms with van der Waals surface area (Å²) in [6, 6.07) is 15.2. The van der Waals surface area contributed by atoms with E-state index in [2.05, 4.69) is 10.3 Å². The van der Waals surface area contributed by atoms with E-state index >= 15 is 0 Å². The van der Waals surface area contributed by atoms with Crippen LogP contribution in [0, 0.1) is 0 Å². The Kier molecular flexibility index (Phi) is 3.83. The fourth-order valence-electron chi connectivity index (χ4n) is 2.55. The minimum atomic E-state index is -0.100. The zero-order valence-corrected chi connectivity index (χ0v) is 12.6. The molecule has 0 radical (unpaired) electrons. The fraction of sp³-hybridized carbons (Fsp3) is 0.167. The molecule has 4 heteroatoms. The number of amides is 1. The lowest BCUT2D eigenvalue weighted by Gasteiger charge is -2.15. The number of benzene rings is 2. The zero-order valence-electron chi connectivity index (χ0n) is 12.6. The van der Waals surface area contributed by atoms with Gasteiger partial charge in [0.1, 0.15) is 5.75 Å². The maximum absolute atomic E-state index is 12.5. The van der Waals surface area contributed by atoms with Crippen LogP contribution in [0.15, 0.2) is 54.7 Å². The highest BCUT2D eigenvalue weighted by Gasteiger charge is 2.14. The SMILES string of the molecule is COc1cccc([C@@H](C)NC(=O)c2cccc3[nH]ccc23)c1. The van der Waals surface area contributed by atoms with Gasteiger partial charge in [-0.15, -0.1) is 0 Å². The van der Waals surface area contributed by atoms with Crippen molar-refractivity contribution in [1.29, 1.82) is 0 Å². The normalized spacial score (nSPS) is 12.1. The van der Waals surface area contributed by atoms with Gasteiger partial charge in [0.25, 0.3) is 5.91 Å². The number of carbonyl (C=O) groups excluding carboxylic acids is 1. The van der Waals surface area contributed by atoms with E-state index in [-0.39, 0.29) is 11.9 Å². The molecule has 0 aliphatic carbocycles. The van der Waals surface area contributed by atoms with Crippen molar-refractivity contribution in [2.24, 2.45) is 0 Å². The number of rotatable bonds is 4. The van der Waals surface area contributed by atoms with Gasteiger partial charge in [0.2, 0.25) is 0 Å². The van der Waals surface area contributed by atoms with Gasteiger partial charge in [-0.3, -0.25) is 4.79 Å². The Morgan fingerprint density at radius 1 is 1.18 bits per heavy atom. The van der Waals surface area contributed by atoms with Crippen molar-refractivity contribution in [3.63, 3.8) is 0 Å². The number of carbonyl (C=O) groups is 1. The van der Waals surface area contributed by atoms with Crippen molar-refractivity contribution in [2.45, 2.75) is 13.0 Å². The molecule has 0 saturated carbocycles. The van der Waals surface area contributed by atoms with Crippen LogP contribution >= 0.6 is 0 Å². The monoisotopic (exact) mass is 294 g/mol. The predicted molar refractivity (Wildman–Crippen MR) is 87.2 cm³/mol. The van der Waals surface area contributed by atoms with E-state index in [4.69, 9.17) is 4.74 Å². The maximum Gasteiger partial charge on any atom is 0.252 e. The van der Waals surface area contributed by atoms with Crippen molar-refractivity contribution in [1.82, 2.24) is 10.3 Å². The van der Waals surface area contributed by atoms with E-state index < -0.39 is 0 Å². The first-order valence-electron chi connectivity index (χ1n) is 7.20. The van der Waals surface area contributed by atoms with Crippen LogP contribution in [0.1, 0.15) is 28.9 Å². The zero-order chi connectivity index (χ0) is 15.5. The molecule has 0 fully saturated rings. The van der Waals surface area contributed by atoms with Crippen molar-refractivity contribution in [3.8, 4) is 5.75 Å². The third-order valence-corrected chi connectivity index (χ3v) is 3.78. The van der Waals surface area contributed by atoms with E-state index in [0.717, 1.165) is 22.2 Å². The third kappa shape index (κ3) is 2.68. The molecule has 3 rings (SSSR count). The Morgan fingerprint density at radius 2 is 2.00 bits per heavy atom. The van der Waals surface area contributed by atoms with Crippen LogP contribution < -0.4 is 10.1 Å². The van der Waals surface area contributed by atoms with Crippen molar-refractivity contribution in [3.05, 3.63) is 65.9 Å². The molecule has 1 heterocycles. The first kappa shape index (κ1) is 14.2. The summed E-state index contributed by atoms with van der Waals surface area (Å²) >= 11 is 0. The van der Waals surface area contributed by atoms with Gasteiger partial charge in [-0.05, 0) is 42.8 Å². The molecular weight excluding hydrogens is 276 g/mol. The summed E-state index contributed by atoms with van der Waals surface area (Å²) in [4.78, 5) is 15.7. The molecule has 2 aromatic carbocycles. The molecule has 22 heavy (non-hydrogen) atoms. The predicted octanol–water partition coefficient (Wildman–Crippen LogP) is 3.67. The molecule has 2 N–H and O–H groups in total. The molecule has 4 nitrogen and oxygen atoms in total. The van der Waals surface area contributed by atoms with Crippen LogP contribution in [0.2, 0.25) is 0 Å². The smallest absolute Gasteiger partial charge is 0.252 e. The summed E-state index contributed by atoms with van der Waals surface area (Å²) in [5, 5.41) is 3.97. The van der Waals surface area contributed by atoms with Crippen LogP contribution in [0.5, 0.6) is 5.75 Å². The van der Waals surface area contributed by atoms with Crippen molar-refractivity contribution in [2.75, 3.05) is 7.11 Å². The largest absolute Gasteiger partial charge is 0.497 e. The number of methoxy groups -OCH3 is 1. The van der Waals surface area contributed by atoms with Gasteiger partial charge in [0.15, 0.2) is 0 Å². The number of aromatic nitrogens is 1. The van der Waals surface area contributed by atoms with Gasteiger partial charge in [0, 0.05) is 22.7 Å². The van der Waals surface area contributed by atoms with Crippen LogP contribution in [0.4, 0.5) is 0 Å². The second kappa shape index (κ2) is 5.93. The highest BCUT2D eigenvalue weighted by Crippen LogP contribution is 2.21. The fourth-order valence-corrected chi connectivity index (χ4v) is 2.55. The van der Waals surface area contributed by atoms with E-state index in [1.807, 2.05) is 61.7 Å². The van der Waals surface area contributed by atoms with Gasteiger partial charge in [-0.2, -0.15) is 0 Å². The summed E-state index contributed by atoms with van der Waals surface area (Å²) in [7, 11) is 1.63. The second-order valence-corrected chi connectivity index (χ2v) is 5.22. The van der Waals surface area contributed by atoms with Crippen molar-refractivity contribution >= 4 is 16.8 Å². The molecular formula is C18H18N2O2. The van der Waals surface area contributed by atoms with E-state index in [9.17, 15) is 4.79 Å². The maximum atomic E-state index is 12.5. The summed E-state index contributed by atoms with van der Waals surface area (Å²) in [5.74, 6) is 0.701. The molecule has 1 aromatic heterocycles. The number of hydrogen-bond donors (Lipinski definition) is 2. The lowest BCUT2D eigenvalue weighted by atomic mass is 10.1. The minimum absolute atomic E-state index is 0.0829. The van der Waals surface area contributed by atoms with Crippen LogP contribution in [-0.4, -0.2) is 18.0 Å². The lowest BCUT2D eigenvalue weighted by Crippen LogP contribution is -2.26. The molecule has 3 aromatic rings. The average molecular weight is 294 g/mol. The number of H-pyrrole nitrogens is 1. The Bertz CT molecular complexity index is 807. The Balaban J connectivity index is 1.83. The van der Waals surface area contributed by atoms with Crippen LogP contribution in [-0.2, 0) is 0 Å². The molecule has 0 spiro atoms. The number of nitrogens with one attached hydrogen (secondary N) is 2. The molecule has 0 unspecified atom stereocenters. The Labute approximate surface area is 129 Å². The highest BCUT2D eigenvalue weighted by molar-refractivity contribution is 6.06. The summed E-state index contributed by atoms with van der Waals surface area (Å²) in [5.41, 5.74) is 2.64. The molecule has 1 atom stereocenters. The van der Waals surface area contributed by atoms with Gasteiger partial charge >= 0.3 is 0 Å². The molecule has 0 saturated heterocycles. The van der Waals surface area contributed by atoms with E-state index in [0.29, 0.717) is 5.56 Å². The molecule has 112 valence electrons. The lowest BCUT2D eigenvalue weighted by molar-refractivity contribution is 0.0941. The molecule has 0 aliphatic heterocycles. The first-order chi connectivity index (χ1) is 10.7. The molecule has 0 aliphatic rings. The standard InChI is InChI=1S/C18H18N2O2/c1-12(13-5-3-6-14(11-13)22-2)20-18(21)16-7-4-8-17-15(16)9-10-19-17/h3-12,19H,1-2H3,(H,20,21)/t12-/m1/s1. The highest BCUT2D eigenvalue weighted by atomic mass is 16.5. The topological polar surface area (TPSA) is 54.1 Å². The number of ether oxygens (including phenoxy) is 1. The summed E-state index contributed by atoms with van der Waals surface area (Å²) in [6.45, 7) is 1.96. The quantitative estimate of drug-likeness (QED) is 0.771. The second-order valence-electron chi connectivity index (χ2n) is 5.22. The van der Waals surface area contributed by atoms with Gasteiger partial charge in [0.05, 0.1) is 13.2 Å². The number of hydrogen-bond acceptors (Lipinski definition) is 2. The first-order valence-corrected chi connectivity index (χ1v) is 7.20. The summed E-state index contributed by atoms with van der Waals surface area (Å²) < 4.78 is 5.23.